The second kappa shape index (κ2) is 11.3. The van der Waals surface area contributed by atoms with Crippen molar-refractivity contribution in [3.05, 3.63) is 0 Å². The Balaban J connectivity index is 4.96. The largest absolute Gasteiger partial charge is 0.481 e. The third kappa shape index (κ3) is 9.52. The molecule has 3 amide bonds. The van der Waals surface area contributed by atoms with Gasteiger partial charge in [-0.3, -0.25) is 24.0 Å². The van der Waals surface area contributed by atoms with Gasteiger partial charge in [0, 0.05) is 12.2 Å². The van der Waals surface area contributed by atoms with Crippen molar-refractivity contribution in [2.75, 3.05) is 12.3 Å². The van der Waals surface area contributed by atoms with E-state index in [1.54, 1.807) is 0 Å². The maximum absolute atomic E-state index is 12.2. The lowest BCUT2D eigenvalue weighted by Crippen LogP contribution is -2.56. The van der Waals surface area contributed by atoms with Gasteiger partial charge in [0.15, 0.2) is 0 Å². The van der Waals surface area contributed by atoms with E-state index in [9.17, 15) is 24.0 Å². The number of hydrogen-bond acceptors (Lipinski definition) is 7. The number of carbonyl (C=O) groups excluding carboxylic acids is 3. The van der Waals surface area contributed by atoms with Gasteiger partial charge in [0.2, 0.25) is 17.7 Å². The lowest BCUT2D eigenvalue weighted by molar-refractivity contribution is -0.140. The SMILES string of the molecule is CC(N)C(=O)NC(CS)C(=O)NC(CCC(=O)O)C(=O)NCC(=O)O. The Bertz CT molecular complexity index is 527. The van der Waals surface area contributed by atoms with E-state index in [0.717, 1.165) is 0 Å². The molecule has 0 aromatic carbocycles. The fraction of sp³-hybridized carbons (Fsp3) is 0.615. The maximum Gasteiger partial charge on any atom is 0.322 e. The molecule has 0 bridgehead atoms. The average molecular weight is 378 g/mol. The van der Waals surface area contributed by atoms with Crippen molar-refractivity contribution in [1.29, 1.82) is 0 Å². The van der Waals surface area contributed by atoms with Gasteiger partial charge in [-0.2, -0.15) is 12.6 Å². The van der Waals surface area contributed by atoms with Crippen molar-refractivity contribution in [3.63, 3.8) is 0 Å². The van der Waals surface area contributed by atoms with Crippen molar-refractivity contribution in [3.8, 4) is 0 Å². The number of hydrogen-bond donors (Lipinski definition) is 7. The minimum absolute atomic E-state index is 0.0906. The molecular weight excluding hydrogens is 356 g/mol. The third-order valence-electron chi connectivity index (χ3n) is 2.92. The van der Waals surface area contributed by atoms with Crippen molar-refractivity contribution in [2.45, 2.75) is 37.9 Å². The van der Waals surface area contributed by atoms with E-state index in [2.05, 4.69) is 28.6 Å². The minimum Gasteiger partial charge on any atom is -0.481 e. The lowest BCUT2D eigenvalue weighted by Gasteiger charge is -2.22. The van der Waals surface area contributed by atoms with Crippen LogP contribution in [0, 0.1) is 0 Å². The van der Waals surface area contributed by atoms with Crippen LogP contribution in [0.5, 0.6) is 0 Å². The quantitative estimate of drug-likeness (QED) is 0.189. The van der Waals surface area contributed by atoms with Gasteiger partial charge in [0.05, 0.1) is 6.04 Å². The Morgan fingerprint density at radius 3 is 1.96 bits per heavy atom. The first-order chi connectivity index (χ1) is 11.6. The molecule has 0 aliphatic rings. The molecule has 0 radical (unpaired) electrons. The van der Waals surface area contributed by atoms with Gasteiger partial charge in [-0.05, 0) is 13.3 Å². The van der Waals surface area contributed by atoms with E-state index in [0.29, 0.717) is 0 Å². The summed E-state index contributed by atoms with van der Waals surface area (Å²) in [5.74, 6) is -4.81. The van der Waals surface area contributed by atoms with Crippen LogP contribution in [-0.4, -0.2) is 70.3 Å². The molecule has 0 saturated carbocycles. The summed E-state index contributed by atoms with van der Waals surface area (Å²) in [5.41, 5.74) is 5.38. The van der Waals surface area contributed by atoms with Gasteiger partial charge < -0.3 is 31.9 Å². The number of rotatable bonds is 11. The van der Waals surface area contributed by atoms with Gasteiger partial charge in [0.25, 0.3) is 0 Å². The summed E-state index contributed by atoms with van der Waals surface area (Å²) in [4.78, 5) is 56.8. The Hall–Kier alpha value is -2.34. The maximum atomic E-state index is 12.2. The highest BCUT2D eigenvalue weighted by Gasteiger charge is 2.27. The Morgan fingerprint density at radius 2 is 1.52 bits per heavy atom. The summed E-state index contributed by atoms with van der Waals surface area (Å²) < 4.78 is 0. The third-order valence-corrected chi connectivity index (χ3v) is 3.29. The summed E-state index contributed by atoms with van der Waals surface area (Å²) in [6, 6.07) is -3.24. The molecule has 0 aromatic heterocycles. The molecule has 142 valence electrons. The molecule has 7 N–H and O–H groups in total. The van der Waals surface area contributed by atoms with Crippen LogP contribution in [-0.2, 0) is 24.0 Å². The fourth-order valence-corrected chi connectivity index (χ4v) is 1.85. The first-order valence-electron chi connectivity index (χ1n) is 7.27. The Kier molecular flexibility index (Phi) is 10.2. The van der Waals surface area contributed by atoms with Crippen molar-refractivity contribution in [2.24, 2.45) is 5.73 Å². The zero-order valence-corrected chi connectivity index (χ0v) is 14.4. The number of nitrogens with one attached hydrogen (secondary N) is 3. The van der Waals surface area contributed by atoms with Gasteiger partial charge in [0.1, 0.15) is 18.6 Å². The molecule has 0 aliphatic carbocycles. The normalized spacial score (nSPS) is 13.9. The number of carboxylic acids is 2. The number of amides is 3. The molecular formula is C13H22N4O7S. The highest BCUT2D eigenvalue weighted by atomic mass is 32.1. The molecule has 11 nitrogen and oxygen atoms in total. The Morgan fingerprint density at radius 1 is 0.960 bits per heavy atom. The highest BCUT2D eigenvalue weighted by molar-refractivity contribution is 7.80. The fourth-order valence-electron chi connectivity index (χ4n) is 1.59. The molecule has 0 saturated heterocycles. The topological polar surface area (TPSA) is 188 Å². The van der Waals surface area contributed by atoms with E-state index in [-0.39, 0.29) is 12.2 Å². The van der Waals surface area contributed by atoms with Crippen molar-refractivity contribution in [1.82, 2.24) is 16.0 Å². The monoisotopic (exact) mass is 378 g/mol. The smallest absolute Gasteiger partial charge is 0.322 e. The molecule has 3 unspecified atom stereocenters. The van der Waals surface area contributed by atoms with Crippen molar-refractivity contribution >= 4 is 42.3 Å². The second-order valence-corrected chi connectivity index (χ2v) is 5.50. The summed E-state index contributed by atoms with van der Waals surface area (Å²) >= 11 is 3.94. The van der Waals surface area contributed by atoms with Gasteiger partial charge in [-0.25, -0.2) is 0 Å². The molecule has 25 heavy (non-hydrogen) atoms. The molecule has 3 atom stereocenters. The number of carboxylic acid groups (broad SMARTS) is 2. The van der Waals surface area contributed by atoms with E-state index in [4.69, 9.17) is 15.9 Å². The summed E-state index contributed by atoms with van der Waals surface area (Å²) in [5, 5.41) is 23.9. The molecule has 0 spiro atoms. The molecule has 0 heterocycles. The lowest BCUT2D eigenvalue weighted by atomic mass is 10.1. The summed E-state index contributed by atoms with van der Waals surface area (Å²) in [6.45, 7) is 0.730. The molecule has 12 heteroatoms. The molecule has 0 rings (SSSR count). The van der Waals surface area contributed by atoms with Crippen LogP contribution in [0.3, 0.4) is 0 Å². The zero-order chi connectivity index (χ0) is 19.6. The second-order valence-electron chi connectivity index (χ2n) is 5.14. The predicted molar refractivity (Wildman–Crippen MR) is 88.9 cm³/mol. The number of aliphatic carboxylic acids is 2. The van der Waals surface area contributed by atoms with Crippen LogP contribution >= 0.6 is 12.6 Å². The summed E-state index contributed by atoms with van der Waals surface area (Å²) in [7, 11) is 0. The van der Waals surface area contributed by atoms with Crippen LogP contribution in [0.15, 0.2) is 0 Å². The van der Waals surface area contributed by atoms with E-state index in [1.165, 1.54) is 6.92 Å². The molecule has 0 aromatic rings. The van der Waals surface area contributed by atoms with E-state index >= 15 is 0 Å². The number of carbonyl (C=O) groups is 5. The standard InChI is InChI=1S/C13H22N4O7S/c1-6(14)11(22)17-8(5-25)13(24)16-7(2-3-9(18)19)12(23)15-4-10(20)21/h6-8,25H,2-5,14H2,1H3,(H,15,23)(H,16,24)(H,17,22)(H,18,19)(H,20,21). The number of thiol groups is 1. The summed E-state index contributed by atoms with van der Waals surface area (Å²) in [6.07, 6.45) is -0.684. The molecule has 0 aliphatic heterocycles. The first-order valence-corrected chi connectivity index (χ1v) is 7.90. The number of nitrogens with two attached hydrogens (primary N) is 1. The zero-order valence-electron chi connectivity index (χ0n) is 13.5. The van der Waals surface area contributed by atoms with Crippen LogP contribution in [0.2, 0.25) is 0 Å². The van der Waals surface area contributed by atoms with Crippen LogP contribution in [0.4, 0.5) is 0 Å². The Labute approximate surface area is 149 Å². The van der Waals surface area contributed by atoms with E-state index < -0.39 is 60.8 Å². The van der Waals surface area contributed by atoms with Gasteiger partial charge >= 0.3 is 11.9 Å². The predicted octanol–water partition coefficient (Wildman–Crippen LogP) is -2.70. The van der Waals surface area contributed by atoms with E-state index in [1.807, 2.05) is 0 Å². The van der Waals surface area contributed by atoms with Crippen LogP contribution in [0.25, 0.3) is 0 Å². The van der Waals surface area contributed by atoms with Crippen LogP contribution < -0.4 is 21.7 Å². The van der Waals surface area contributed by atoms with Crippen molar-refractivity contribution < 1.29 is 34.2 Å². The minimum atomic E-state index is -1.30. The molecule has 0 fully saturated rings. The van der Waals surface area contributed by atoms with Crippen LogP contribution in [0.1, 0.15) is 19.8 Å². The highest BCUT2D eigenvalue weighted by Crippen LogP contribution is 2.00. The van der Waals surface area contributed by atoms with Gasteiger partial charge in [-0.15, -0.1) is 0 Å². The average Bonchev–Trinajstić information content (AvgIpc) is 2.53. The first kappa shape index (κ1) is 22.7. The van der Waals surface area contributed by atoms with Gasteiger partial charge in [-0.1, -0.05) is 0 Å².